The maximum Gasteiger partial charge on any atom is 0.341 e. The number of carbonyl (C=O) groups excluding carboxylic acids is 1. The number of hydrogen-bond acceptors (Lipinski definition) is 7. The highest BCUT2D eigenvalue weighted by atomic mass is 32.1. The van der Waals surface area contributed by atoms with Gasteiger partial charge in [0, 0.05) is 43.1 Å². The van der Waals surface area contributed by atoms with Crippen LogP contribution >= 0.6 is 12.2 Å². The van der Waals surface area contributed by atoms with Crippen LogP contribution in [0.25, 0.3) is 10.9 Å². The van der Waals surface area contributed by atoms with Crippen molar-refractivity contribution in [2.24, 2.45) is 7.05 Å². The van der Waals surface area contributed by atoms with Gasteiger partial charge in [0.15, 0.2) is 0 Å². The molecule has 0 spiro atoms. The van der Waals surface area contributed by atoms with E-state index in [4.69, 9.17) is 26.4 Å². The average molecular weight is 469 g/mol. The van der Waals surface area contributed by atoms with Crippen molar-refractivity contribution < 1.29 is 24.1 Å². The molecule has 1 aromatic heterocycles. The van der Waals surface area contributed by atoms with E-state index in [0.29, 0.717) is 52.6 Å². The van der Waals surface area contributed by atoms with Crippen molar-refractivity contribution in [3.05, 3.63) is 58.8 Å². The Kier molecular flexibility index (Phi) is 6.97. The zero-order valence-electron chi connectivity index (χ0n) is 19.1. The van der Waals surface area contributed by atoms with Crippen LogP contribution in [0.1, 0.15) is 34.1 Å². The molecule has 0 amide bonds. The van der Waals surface area contributed by atoms with Crippen LogP contribution in [-0.4, -0.2) is 65.4 Å². The molecule has 3 aromatic rings. The number of fused-ring (bicyclic) bond motifs is 1. The van der Waals surface area contributed by atoms with Gasteiger partial charge in [-0.3, -0.25) is 4.90 Å². The molecule has 4 rings (SSSR count). The van der Waals surface area contributed by atoms with Gasteiger partial charge in [0.25, 0.3) is 0 Å². The van der Waals surface area contributed by atoms with Gasteiger partial charge in [-0.1, -0.05) is 24.4 Å². The summed E-state index contributed by atoms with van der Waals surface area (Å²) in [5.74, 6) is 0.359. The standard InChI is InChI=1S/C25H28N2O5S/c1-4-32-25(29)22-21-18(15-27-10-12-31-13-11-27)20(28)9-8-19(21)26(2)23(22)24(33)16-6-5-7-17(14-16)30-3/h5-9,14,28H,4,10-13,15H2,1-3H3. The lowest BCUT2D eigenvalue weighted by molar-refractivity contribution is 0.0340. The summed E-state index contributed by atoms with van der Waals surface area (Å²) in [6, 6.07) is 10.9. The summed E-state index contributed by atoms with van der Waals surface area (Å²) < 4.78 is 18.2. The summed E-state index contributed by atoms with van der Waals surface area (Å²) >= 11 is 5.88. The third-order valence-electron chi connectivity index (χ3n) is 5.96. The van der Waals surface area contributed by atoms with Crippen molar-refractivity contribution in [2.75, 3.05) is 40.0 Å². The van der Waals surface area contributed by atoms with Crippen LogP contribution in [0.5, 0.6) is 11.5 Å². The van der Waals surface area contributed by atoms with E-state index in [2.05, 4.69) is 4.90 Å². The Hall–Kier alpha value is -2.94. The second-order valence-electron chi connectivity index (χ2n) is 7.91. The number of phenols is 1. The van der Waals surface area contributed by atoms with E-state index in [1.807, 2.05) is 41.9 Å². The minimum absolute atomic E-state index is 0.143. The molecule has 1 fully saturated rings. The third-order valence-corrected chi connectivity index (χ3v) is 6.39. The van der Waals surface area contributed by atoms with Gasteiger partial charge in [-0.25, -0.2) is 4.79 Å². The lowest BCUT2D eigenvalue weighted by atomic mass is 10.00. The van der Waals surface area contributed by atoms with Crippen LogP contribution in [0.15, 0.2) is 36.4 Å². The topological polar surface area (TPSA) is 73.2 Å². The minimum atomic E-state index is -0.461. The summed E-state index contributed by atoms with van der Waals surface area (Å²) in [5.41, 5.74) is 3.22. The number of rotatable bonds is 7. The monoisotopic (exact) mass is 468 g/mol. The zero-order chi connectivity index (χ0) is 23.5. The molecule has 174 valence electrons. The second-order valence-corrected chi connectivity index (χ2v) is 8.32. The molecule has 33 heavy (non-hydrogen) atoms. The molecule has 1 saturated heterocycles. The van der Waals surface area contributed by atoms with Crippen molar-refractivity contribution in [1.29, 1.82) is 0 Å². The van der Waals surface area contributed by atoms with Gasteiger partial charge >= 0.3 is 5.97 Å². The first-order valence-corrected chi connectivity index (χ1v) is 11.4. The molecule has 0 atom stereocenters. The van der Waals surface area contributed by atoms with E-state index in [9.17, 15) is 9.90 Å². The SMILES string of the molecule is CCOC(=O)c1c(C(=S)c2cccc(OC)c2)n(C)c2ccc(O)c(CN3CCOCC3)c12. The molecule has 0 aliphatic carbocycles. The highest BCUT2D eigenvalue weighted by molar-refractivity contribution is 7.81. The van der Waals surface area contributed by atoms with Crippen LogP contribution in [0.2, 0.25) is 0 Å². The number of hydrogen-bond donors (Lipinski definition) is 1. The number of phenolic OH excluding ortho intramolecular Hbond substituents is 1. The summed E-state index contributed by atoms with van der Waals surface area (Å²) in [4.78, 5) is 16.0. The lowest BCUT2D eigenvalue weighted by Crippen LogP contribution is -2.35. The first-order valence-electron chi connectivity index (χ1n) is 11.0. The smallest absolute Gasteiger partial charge is 0.341 e. The average Bonchev–Trinajstić information content (AvgIpc) is 3.13. The fourth-order valence-electron chi connectivity index (χ4n) is 4.30. The molecule has 1 N–H and O–H groups in total. The summed E-state index contributed by atoms with van der Waals surface area (Å²) in [6.45, 7) is 5.30. The van der Waals surface area contributed by atoms with E-state index in [1.165, 1.54) is 0 Å². The highest BCUT2D eigenvalue weighted by Crippen LogP contribution is 2.36. The Labute approximate surface area is 198 Å². The van der Waals surface area contributed by atoms with Crippen molar-refractivity contribution in [3.63, 3.8) is 0 Å². The normalized spacial score (nSPS) is 14.4. The van der Waals surface area contributed by atoms with Crippen molar-refractivity contribution in [2.45, 2.75) is 13.5 Å². The Morgan fingerprint density at radius 2 is 1.97 bits per heavy atom. The number of methoxy groups -OCH3 is 1. The van der Waals surface area contributed by atoms with E-state index in [1.54, 1.807) is 20.1 Å². The summed E-state index contributed by atoms with van der Waals surface area (Å²) in [5, 5.41) is 11.5. The number of esters is 1. The van der Waals surface area contributed by atoms with Crippen LogP contribution in [0.3, 0.4) is 0 Å². The van der Waals surface area contributed by atoms with Gasteiger partial charge in [-0.2, -0.15) is 0 Å². The Morgan fingerprint density at radius 3 is 2.67 bits per heavy atom. The van der Waals surface area contributed by atoms with E-state index in [0.717, 1.165) is 24.2 Å². The van der Waals surface area contributed by atoms with Gasteiger partial charge in [0.05, 0.1) is 43.1 Å². The highest BCUT2D eigenvalue weighted by Gasteiger charge is 2.29. The molecule has 0 unspecified atom stereocenters. The third kappa shape index (κ3) is 4.46. The van der Waals surface area contributed by atoms with Crippen molar-refractivity contribution >= 4 is 34.0 Å². The predicted molar refractivity (Wildman–Crippen MR) is 130 cm³/mol. The fraction of sp³-hybridized carbons (Fsp3) is 0.360. The van der Waals surface area contributed by atoms with Gasteiger partial charge in [-0.15, -0.1) is 0 Å². The first kappa shape index (κ1) is 23.2. The molecule has 1 aliphatic heterocycles. The Morgan fingerprint density at radius 1 is 1.21 bits per heavy atom. The fourth-order valence-corrected chi connectivity index (χ4v) is 4.67. The number of morpholine rings is 1. The number of carbonyl (C=O) groups is 1. The maximum atomic E-state index is 13.3. The number of aromatic hydroxyl groups is 1. The van der Waals surface area contributed by atoms with Crippen LogP contribution in [0, 0.1) is 0 Å². The van der Waals surface area contributed by atoms with E-state index >= 15 is 0 Å². The van der Waals surface area contributed by atoms with Gasteiger partial charge < -0.3 is 23.9 Å². The quantitative estimate of drug-likeness (QED) is 0.322. The van der Waals surface area contributed by atoms with Crippen molar-refractivity contribution in [1.82, 2.24) is 9.47 Å². The van der Waals surface area contributed by atoms with Crippen LogP contribution in [-0.2, 0) is 23.1 Å². The van der Waals surface area contributed by atoms with Crippen molar-refractivity contribution in [3.8, 4) is 11.5 Å². The largest absolute Gasteiger partial charge is 0.508 e. The molecule has 1 aliphatic rings. The number of nitrogens with zero attached hydrogens (tertiary/aromatic N) is 2. The van der Waals surface area contributed by atoms with Gasteiger partial charge in [0.2, 0.25) is 0 Å². The lowest BCUT2D eigenvalue weighted by Gasteiger charge is -2.27. The van der Waals surface area contributed by atoms with Gasteiger partial charge in [-0.05, 0) is 36.8 Å². The second kappa shape index (κ2) is 9.91. The molecule has 7 nitrogen and oxygen atoms in total. The zero-order valence-corrected chi connectivity index (χ0v) is 19.9. The molecule has 0 saturated carbocycles. The summed E-state index contributed by atoms with van der Waals surface area (Å²) in [6.07, 6.45) is 0. The molecular weight excluding hydrogens is 440 g/mol. The predicted octanol–water partition coefficient (Wildman–Crippen LogP) is 3.67. The number of thiocarbonyl (C=S) groups is 1. The molecule has 8 heteroatoms. The molecule has 0 radical (unpaired) electrons. The van der Waals surface area contributed by atoms with Crippen LogP contribution < -0.4 is 4.74 Å². The number of ether oxygens (including phenoxy) is 3. The molecule has 0 bridgehead atoms. The van der Waals surface area contributed by atoms with Gasteiger partial charge in [0.1, 0.15) is 11.5 Å². The first-order chi connectivity index (χ1) is 16.0. The Bertz CT molecular complexity index is 1200. The number of benzene rings is 2. The van der Waals surface area contributed by atoms with Crippen LogP contribution in [0.4, 0.5) is 0 Å². The minimum Gasteiger partial charge on any atom is -0.508 e. The van der Waals surface area contributed by atoms with E-state index in [-0.39, 0.29) is 12.4 Å². The Balaban J connectivity index is 1.93. The number of aryl methyl sites for hydroxylation is 1. The molecule has 2 aromatic carbocycles. The molecule has 2 heterocycles. The molecular formula is C25H28N2O5S. The van der Waals surface area contributed by atoms with E-state index < -0.39 is 5.97 Å². The maximum absolute atomic E-state index is 13.3. The summed E-state index contributed by atoms with van der Waals surface area (Å²) in [7, 11) is 3.48. The number of aromatic nitrogens is 1.